The smallest absolute Gasteiger partial charge is 0.119 e. The van der Waals surface area contributed by atoms with Gasteiger partial charge in [-0.25, -0.2) is 0 Å². The number of unbranched alkanes of at least 4 members (excludes halogenated alkanes) is 1. The molecule has 0 atom stereocenters. The Morgan fingerprint density at radius 2 is 1.71 bits per heavy atom. The van der Waals surface area contributed by atoms with Gasteiger partial charge >= 0.3 is 0 Å². The zero-order valence-electron chi connectivity index (χ0n) is 11.1. The van der Waals surface area contributed by atoms with Crippen molar-refractivity contribution in [3.8, 4) is 11.5 Å². The molecule has 0 amide bonds. The molecule has 0 bridgehead atoms. The van der Waals surface area contributed by atoms with E-state index in [1.54, 1.807) is 7.11 Å². The van der Waals surface area contributed by atoms with E-state index in [9.17, 15) is 0 Å². The van der Waals surface area contributed by atoms with Crippen LogP contribution in [0.2, 0.25) is 0 Å². The Morgan fingerprint density at radius 3 is 2.29 bits per heavy atom. The number of rotatable bonds is 8. The Balaban J connectivity index is 2.21. The van der Waals surface area contributed by atoms with Crippen molar-refractivity contribution in [2.45, 2.75) is 19.8 Å². The average Bonchev–Trinajstić information content (AvgIpc) is 2.37. The minimum absolute atomic E-state index is 0.729. The molecule has 1 rings (SSSR count). The molecule has 0 aliphatic carbocycles. The first-order valence-corrected chi connectivity index (χ1v) is 6.21. The summed E-state index contributed by atoms with van der Waals surface area (Å²) in [5.74, 6) is 1.76. The van der Waals surface area contributed by atoms with Crippen molar-refractivity contribution in [1.82, 2.24) is 4.90 Å². The van der Waals surface area contributed by atoms with Gasteiger partial charge < -0.3 is 14.4 Å². The van der Waals surface area contributed by atoms with Crippen molar-refractivity contribution >= 4 is 0 Å². The van der Waals surface area contributed by atoms with E-state index in [0.29, 0.717) is 0 Å². The zero-order chi connectivity index (χ0) is 12.5. The van der Waals surface area contributed by atoms with Crippen LogP contribution in [0.15, 0.2) is 24.3 Å². The van der Waals surface area contributed by atoms with Crippen molar-refractivity contribution < 1.29 is 9.47 Å². The monoisotopic (exact) mass is 237 g/mol. The lowest BCUT2D eigenvalue weighted by atomic mass is 10.3. The summed E-state index contributed by atoms with van der Waals surface area (Å²) in [6.45, 7) is 5.04. The van der Waals surface area contributed by atoms with E-state index >= 15 is 0 Å². The van der Waals surface area contributed by atoms with Crippen molar-refractivity contribution in [1.29, 1.82) is 0 Å². The molecule has 17 heavy (non-hydrogen) atoms. The largest absolute Gasteiger partial charge is 0.497 e. The first-order valence-electron chi connectivity index (χ1n) is 6.21. The number of likely N-dealkylation sites (N-methyl/N-ethyl adjacent to an activating group) is 1. The van der Waals surface area contributed by atoms with Gasteiger partial charge in [0.05, 0.1) is 7.11 Å². The third kappa shape index (κ3) is 5.59. The second kappa shape index (κ2) is 7.96. The SMILES string of the molecule is CCCCN(C)CCOc1ccc(OC)cc1. The minimum atomic E-state index is 0.729. The molecule has 1 aromatic rings. The second-order valence-corrected chi connectivity index (χ2v) is 4.18. The fraction of sp³-hybridized carbons (Fsp3) is 0.571. The summed E-state index contributed by atoms with van der Waals surface area (Å²) >= 11 is 0. The number of hydrogen-bond donors (Lipinski definition) is 0. The zero-order valence-corrected chi connectivity index (χ0v) is 11.1. The van der Waals surface area contributed by atoms with Crippen LogP contribution in [0.3, 0.4) is 0 Å². The van der Waals surface area contributed by atoms with Crippen molar-refractivity contribution in [2.75, 3.05) is 33.9 Å². The maximum Gasteiger partial charge on any atom is 0.119 e. The number of ether oxygens (including phenoxy) is 2. The Labute approximate surface area is 104 Å². The Bertz CT molecular complexity index is 298. The van der Waals surface area contributed by atoms with Gasteiger partial charge in [0.25, 0.3) is 0 Å². The molecule has 0 radical (unpaired) electrons. The molecular formula is C14H23NO2. The van der Waals surface area contributed by atoms with Crippen LogP contribution < -0.4 is 9.47 Å². The Morgan fingerprint density at radius 1 is 1.06 bits per heavy atom. The molecule has 0 N–H and O–H groups in total. The van der Waals surface area contributed by atoms with Crippen molar-refractivity contribution in [2.24, 2.45) is 0 Å². The lowest BCUT2D eigenvalue weighted by Gasteiger charge is -2.16. The molecule has 0 saturated heterocycles. The summed E-state index contributed by atoms with van der Waals surface area (Å²) in [6, 6.07) is 7.70. The molecule has 0 spiro atoms. The predicted octanol–water partition coefficient (Wildman–Crippen LogP) is 2.81. The normalized spacial score (nSPS) is 10.6. The second-order valence-electron chi connectivity index (χ2n) is 4.18. The molecule has 0 unspecified atom stereocenters. The van der Waals surface area contributed by atoms with Crippen molar-refractivity contribution in [3.63, 3.8) is 0 Å². The summed E-state index contributed by atoms with van der Waals surface area (Å²) in [6.07, 6.45) is 2.49. The fourth-order valence-corrected chi connectivity index (χ4v) is 1.53. The highest BCUT2D eigenvalue weighted by molar-refractivity contribution is 5.31. The summed E-state index contributed by atoms with van der Waals surface area (Å²) in [5.41, 5.74) is 0. The van der Waals surface area contributed by atoms with Gasteiger partial charge in [-0.1, -0.05) is 13.3 Å². The van der Waals surface area contributed by atoms with E-state index in [1.165, 1.54) is 12.8 Å². The van der Waals surface area contributed by atoms with Crippen LogP contribution in [0.25, 0.3) is 0 Å². The number of benzene rings is 1. The van der Waals surface area contributed by atoms with Crippen LogP contribution in [-0.2, 0) is 0 Å². The van der Waals surface area contributed by atoms with Gasteiger partial charge in [0.15, 0.2) is 0 Å². The number of methoxy groups -OCH3 is 1. The van der Waals surface area contributed by atoms with Crippen LogP contribution in [-0.4, -0.2) is 38.8 Å². The molecule has 0 aliphatic rings. The average molecular weight is 237 g/mol. The van der Waals surface area contributed by atoms with Crippen LogP contribution in [0, 0.1) is 0 Å². The van der Waals surface area contributed by atoms with Crippen LogP contribution >= 0.6 is 0 Å². The van der Waals surface area contributed by atoms with Crippen LogP contribution in [0.1, 0.15) is 19.8 Å². The molecule has 0 saturated carbocycles. The predicted molar refractivity (Wildman–Crippen MR) is 70.9 cm³/mol. The maximum absolute atomic E-state index is 5.66. The third-order valence-corrected chi connectivity index (χ3v) is 2.69. The van der Waals surface area contributed by atoms with Crippen LogP contribution in [0.4, 0.5) is 0 Å². The van der Waals surface area contributed by atoms with E-state index < -0.39 is 0 Å². The van der Waals surface area contributed by atoms with Gasteiger partial charge in [0.2, 0.25) is 0 Å². The quantitative estimate of drug-likeness (QED) is 0.694. The first kappa shape index (κ1) is 13.8. The number of hydrogen-bond acceptors (Lipinski definition) is 3. The fourth-order valence-electron chi connectivity index (χ4n) is 1.53. The molecule has 0 aromatic heterocycles. The lowest BCUT2D eigenvalue weighted by Crippen LogP contribution is -2.25. The molecule has 1 aromatic carbocycles. The van der Waals surface area contributed by atoms with Gasteiger partial charge in [0, 0.05) is 6.54 Å². The van der Waals surface area contributed by atoms with Gasteiger partial charge in [0.1, 0.15) is 18.1 Å². The van der Waals surface area contributed by atoms with E-state index in [2.05, 4.69) is 18.9 Å². The molecular weight excluding hydrogens is 214 g/mol. The van der Waals surface area contributed by atoms with Gasteiger partial charge in [-0.2, -0.15) is 0 Å². The van der Waals surface area contributed by atoms with Crippen molar-refractivity contribution in [3.05, 3.63) is 24.3 Å². The Kier molecular flexibility index (Phi) is 6.48. The lowest BCUT2D eigenvalue weighted by molar-refractivity contribution is 0.235. The summed E-state index contributed by atoms with van der Waals surface area (Å²) < 4.78 is 10.8. The van der Waals surface area contributed by atoms with Gasteiger partial charge in [-0.15, -0.1) is 0 Å². The summed E-state index contributed by atoms with van der Waals surface area (Å²) in [5, 5.41) is 0. The summed E-state index contributed by atoms with van der Waals surface area (Å²) in [4.78, 5) is 2.30. The summed E-state index contributed by atoms with van der Waals surface area (Å²) in [7, 11) is 3.80. The maximum atomic E-state index is 5.66. The van der Waals surface area contributed by atoms with Crippen LogP contribution in [0.5, 0.6) is 11.5 Å². The van der Waals surface area contributed by atoms with Gasteiger partial charge in [-0.05, 0) is 44.3 Å². The van der Waals surface area contributed by atoms with Gasteiger partial charge in [-0.3, -0.25) is 0 Å². The highest BCUT2D eigenvalue weighted by Crippen LogP contribution is 2.16. The molecule has 96 valence electrons. The standard InChI is InChI=1S/C14H23NO2/c1-4-5-10-15(2)11-12-17-14-8-6-13(16-3)7-9-14/h6-9H,4-5,10-12H2,1-3H3. The molecule has 3 heteroatoms. The molecule has 0 aliphatic heterocycles. The molecule has 0 fully saturated rings. The minimum Gasteiger partial charge on any atom is -0.497 e. The van der Waals surface area contributed by atoms with E-state index in [0.717, 1.165) is 31.2 Å². The third-order valence-electron chi connectivity index (χ3n) is 2.69. The molecule has 3 nitrogen and oxygen atoms in total. The highest BCUT2D eigenvalue weighted by Gasteiger charge is 1.99. The van der Waals surface area contributed by atoms with E-state index in [4.69, 9.17) is 9.47 Å². The number of nitrogens with zero attached hydrogens (tertiary/aromatic N) is 1. The van der Waals surface area contributed by atoms with E-state index in [-0.39, 0.29) is 0 Å². The topological polar surface area (TPSA) is 21.7 Å². The first-order chi connectivity index (χ1) is 8.26. The Hall–Kier alpha value is -1.22. The molecule has 0 heterocycles. The van der Waals surface area contributed by atoms with E-state index in [1.807, 2.05) is 24.3 Å². The highest BCUT2D eigenvalue weighted by atomic mass is 16.5.